The van der Waals surface area contributed by atoms with Gasteiger partial charge < -0.3 is 62.2 Å². The summed E-state index contributed by atoms with van der Waals surface area (Å²) >= 11 is 1.08. The third-order valence-corrected chi connectivity index (χ3v) is 11.0. The fraction of sp³-hybridized carbons (Fsp3) is 0.571. The van der Waals surface area contributed by atoms with Crippen molar-refractivity contribution in [1.82, 2.24) is 41.8 Å². The van der Waals surface area contributed by atoms with Crippen molar-refractivity contribution < 1.29 is 54.0 Å². The predicted octanol–water partition coefficient (Wildman–Crippen LogP) is -3.75. The molecule has 55 heavy (non-hydrogen) atoms. The summed E-state index contributed by atoms with van der Waals surface area (Å²) in [6.45, 7) is 4.02. The van der Waals surface area contributed by atoms with E-state index in [1.54, 1.807) is 24.3 Å². The Hall–Kier alpha value is -4.76. The van der Waals surface area contributed by atoms with Gasteiger partial charge in [0.15, 0.2) is 0 Å². The molecular formula is C35H48N8O11S. The van der Waals surface area contributed by atoms with Gasteiger partial charge in [0.2, 0.25) is 41.4 Å². The molecule has 20 heteroatoms. The summed E-state index contributed by atoms with van der Waals surface area (Å²) in [6, 6.07) is -2.86. The number of aromatic nitrogens is 1. The van der Waals surface area contributed by atoms with Gasteiger partial charge in [-0.05, 0) is 39.3 Å². The van der Waals surface area contributed by atoms with Crippen LogP contribution in [0.25, 0.3) is 10.9 Å². The minimum absolute atomic E-state index is 0.170. The number of aromatic amines is 1. The normalized spacial score (nSPS) is 30.8. The Morgan fingerprint density at radius 1 is 0.855 bits per heavy atom. The van der Waals surface area contributed by atoms with Crippen molar-refractivity contribution in [2.24, 2.45) is 0 Å². The van der Waals surface area contributed by atoms with Gasteiger partial charge in [-0.25, -0.2) is 0 Å². The maximum absolute atomic E-state index is 14.3. The molecule has 7 amide bonds. The summed E-state index contributed by atoms with van der Waals surface area (Å²) in [5.41, 5.74) is -0.741. The molecule has 4 heterocycles. The average Bonchev–Trinajstić information content (AvgIpc) is 3.69. The molecule has 5 rings (SSSR count). The van der Waals surface area contributed by atoms with Crippen LogP contribution < -0.4 is 31.9 Å². The zero-order valence-electron chi connectivity index (χ0n) is 30.8. The number of fused-ring (bicyclic) bond motifs is 5. The number of hydrogen-bond acceptors (Lipinski definition) is 12. The topological polar surface area (TPSA) is 292 Å². The first-order valence-electron chi connectivity index (χ1n) is 17.9. The number of carbonyl (C=O) groups excluding carboxylic acids is 7. The van der Waals surface area contributed by atoms with Crippen LogP contribution in [0.2, 0.25) is 0 Å². The summed E-state index contributed by atoms with van der Waals surface area (Å²) in [6.07, 6.45) is -3.53. The number of benzene rings is 1. The monoisotopic (exact) mass is 788 g/mol. The first kappa shape index (κ1) is 41.4. The number of amides is 7. The quantitative estimate of drug-likeness (QED) is 0.143. The molecule has 2 bridgehead atoms. The van der Waals surface area contributed by atoms with Gasteiger partial charge in [-0.1, -0.05) is 18.2 Å². The molecule has 300 valence electrons. The van der Waals surface area contributed by atoms with E-state index in [0.29, 0.717) is 21.5 Å². The SMILES string of the molecule is C[C@@H]1NC(=O)C(CC(C)(O)CO)NC(=O)[C@@H]2Cc3c([nH]c4ccccc34)SC[C@H](NC(=O)[C@@H]([C@H](C)O)NC1=O)C(=O)N1C[C@@H](O)C[C@H]1C(=O)N[C@@H](C)C(=O)N2. The molecule has 1 saturated heterocycles. The molecule has 1 aromatic heterocycles. The van der Waals surface area contributed by atoms with Crippen molar-refractivity contribution in [3.63, 3.8) is 0 Å². The van der Waals surface area contributed by atoms with E-state index in [2.05, 4.69) is 36.9 Å². The van der Waals surface area contributed by atoms with E-state index < -0.39 is 114 Å². The summed E-state index contributed by atoms with van der Waals surface area (Å²) in [5.74, 6) is -6.26. The van der Waals surface area contributed by atoms with Crippen LogP contribution in [0.5, 0.6) is 0 Å². The van der Waals surface area contributed by atoms with Gasteiger partial charge in [0.05, 0.1) is 29.4 Å². The van der Waals surface area contributed by atoms with E-state index in [4.69, 9.17) is 0 Å². The maximum atomic E-state index is 14.3. The lowest BCUT2D eigenvalue weighted by atomic mass is 9.96. The fourth-order valence-electron chi connectivity index (χ4n) is 6.74. The van der Waals surface area contributed by atoms with E-state index in [1.165, 1.54) is 27.7 Å². The third kappa shape index (κ3) is 9.55. The highest BCUT2D eigenvalue weighted by molar-refractivity contribution is 7.99. The zero-order chi connectivity index (χ0) is 40.4. The van der Waals surface area contributed by atoms with E-state index >= 15 is 0 Å². The van der Waals surface area contributed by atoms with Crippen LogP contribution in [0.3, 0.4) is 0 Å². The van der Waals surface area contributed by atoms with Crippen LogP contribution in [0.4, 0.5) is 0 Å². The number of aliphatic hydroxyl groups excluding tert-OH is 3. The maximum Gasteiger partial charge on any atom is 0.246 e. The lowest BCUT2D eigenvalue weighted by molar-refractivity contribution is -0.142. The number of carbonyl (C=O) groups is 7. The molecule has 3 aliphatic rings. The number of thioether (sulfide) groups is 1. The molecule has 3 aliphatic heterocycles. The van der Waals surface area contributed by atoms with Crippen molar-refractivity contribution in [3.8, 4) is 0 Å². The largest absolute Gasteiger partial charge is 0.393 e. The highest BCUT2D eigenvalue weighted by atomic mass is 32.2. The van der Waals surface area contributed by atoms with Crippen LogP contribution >= 0.6 is 11.8 Å². The van der Waals surface area contributed by atoms with Crippen LogP contribution in [-0.2, 0) is 40.0 Å². The number of para-hydroxylation sites is 1. The molecule has 11 N–H and O–H groups in total. The Bertz CT molecular complexity index is 1840. The Kier molecular flexibility index (Phi) is 12.8. The number of nitrogens with one attached hydrogen (secondary N) is 7. The van der Waals surface area contributed by atoms with Crippen molar-refractivity contribution in [2.75, 3.05) is 18.9 Å². The number of H-pyrrole nitrogens is 1. The standard InChI is InChI=1S/C35H48N8O11S/c1-15-27(47)38-22-10-20-19-7-5-6-8-21(19)41-33(20)55-13-24(34(53)43-12-18(46)9-25(43)31(51)37-15)40-32(52)26(17(3)45)42-28(48)16(2)36-30(50)23(39-29(22)49)11-35(4,54)14-44/h5-8,15-18,22-26,41,44-46,54H,9-14H2,1-4H3,(H,36,50)(H,37,51)(H,38,47)(H,39,49)(H,40,52)(H,42,48)/t15-,16-,17-,18-,22-,23?,24-,25-,26+,35?/m0/s1. The second-order valence-electron chi connectivity index (χ2n) is 14.6. The lowest BCUT2D eigenvalue weighted by Gasteiger charge is -2.31. The van der Waals surface area contributed by atoms with Crippen LogP contribution in [-0.4, -0.2) is 151 Å². The summed E-state index contributed by atoms with van der Waals surface area (Å²) in [4.78, 5) is 101. The van der Waals surface area contributed by atoms with Gasteiger partial charge in [-0.15, -0.1) is 11.8 Å². The molecule has 1 fully saturated rings. The molecule has 10 atom stereocenters. The molecule has 2 unspecified atom stereocenters. The van der Waals surface area contributed by atoms with Gasteiger partial charge in [0.25, 0.3) is 0 Å². The predicted molar refractivity (Wildman–Crippen MR) is 196 cm³/mol. The Balaban J connectivity index is 1.69. The second-order valence-corrected chi connectivity index (χ2v) is 15.6. The van der Waals surface area contributed by atoms with Crippen LogP contribution in [0, 0.1) is 0 Å². The van der Waals surface area contributed by atoms with Crippen molar-refractivity contribution in [2.45, 2.75) is 112 Å². The average molecular weight is 789 g/mol. The van der Waals surface area contributed by atoms with Gasteiger partial charge in [0.1, 0.15) is 42.3 Å². The molecule has 0 aliphatic carbocycles. The van der Waals surface area contributed by atoms with Crippen LogP contribution in [0.1, 0.15) is 46.1 Å². The number of hydrogen-bond donors (Lipinski definition) is 11. The first-order chi connectivity index (χ1) is 25.9. The number of rotatable bonds is 4. The summed E-state index contributed by atoms with van der Waals surface area (Å²) in [7, 11) is 0. The smallest absolute Gasteiger partial charge is 0.246 e. The minimum atomic E-state index is -1.90. The fourth-order valence-corrected chi connectivity index (χ4v) is 7.85. The summed E-state index contributed by atoms with van der Waals surface area (Å²) in [5, 5.41) is 58.1. The molecule has 19 nitrogen and oxygen atoms in total. The van der Waals surface area contributed by atoms with Gasteiger partial charge in [0, 0.05) is 42.5 Å². The van der Waals surface area contributed by atoms with Crippen molar-refractivity contribution in [1.29, 1.82) is 0 Å². The van der Waals surface area contributed by atoms with Crippen molar-refractivity contribution >= 4 is 64.0 Å². The van der Waals surface area contributed by atoms with Crippen molar-refractivity contribution in [3.05, 3.63) is 29.8 Å². The Morgan fingerprint density at radius 3 is 2.16 bits per heavy atom. The highest BCUT2D eigenvalue weighted by Crippen LogP contribution is 2.32. The molecule has 1 aromatic carbocycles. The Labute approximate surface area is 320 Å². The molecule has 0 spiro atoms. The molecular weight excluding hydrogens is 740 g/mol. The number of nitrogens with zero attached hydrogens (tertiary/aromatic N) is 1. The van der Waals surface area contributed by atoms with Crippen LogP contribution in [0.15, 0.2) is 29.3 Å². The first-order valence-corrected chi connectivity index (χ1v) is 18.9. The summed E-state index contributed by atoms with van der Waals surface area (Å²) < 4.78 is 0. The highest BCUT2D eigenvalue weighted by Gasteiger charge is 2.44. The minimum Gasteiger partial charge on any atom is -0.393 e. The molecule has 0 radical (unpaired) electrons. The van der Waals surface area contributed by atoms with E-state index in [-0.39, 0.29) is 25.1 Å². The van der Waals surface area contributed by atoms with Gasteiger partial charge in [-0.2, -0.15) is 0 Å². The lowest BCUT2D eigenvalue weighted by Crippen LogP contribution is -2.61. The zero-order valence-corrected chi connectivity index (χ0v) is 31.6. The molecule has 0 saturated carbocycles. The Morgan fingerprint density at radius 2 is 1.49 bits per heavy atom. The second kappa shape index (κ2) is 16.9. The number of aliphatic hydroxyl groups is 4. The van der Waals surface area contributed by atoms with E-state index in [1.807, 2.05) is 0 Å². The molecule has 2 aromatic rings. The third-order valence-electron chi connectivity index (χ3n) is 9.87. The van der Waals surface area contributed by atoms with Gasteiger partial charge in [-0.3, -0.25) is 33.6 Å². The van der Waals surface area contributed by atoms with Gasteiger partial charge >= 0.3 is 0 Å². The van der Waals surface area contributed by atoms with E-state index in [9.17, 15) is 54.0 Å². The van der Waals surface area contributed by atoms with E-state index in [0.717, 1.165) is 16.7 Å².